The minimum Gasteiger partial charge on any atom is -0.309 e. The number of aromatic nitrogens is 2. The Kier molecular flexibility index (Phi) is 3.99. The molecule has 0 saturated carbocycles. The number of likely N-dealkylation sites (N-methyl/N-ethyl adjacent to an activating group) is 1. The summed E-state index contributed by atoms with van der Waals surface area (Å²) >= 11 is 0. The Morgan fingerprint density at radius 1 is 1.27 bits per heavy atom. The van der Waals surface area contributed by atoms with Crippen LogP contribution in [0, 0.1) is 13.8 Å². The van der Waals surface area contributed by atoms with Gasteiger partial charge in [0, 0.05) is 24.2 Å². The van der Waals surface area contributed by atoms with Gasteiger partial charge in [-0.25, -0.2) is 15.8 Å². The molecule has 0 aliphatic rings. The lowest BCUT2D eigenvalue weighted by atomic mass is 10.2. The van der Waals surface area contributed by atoms with Crippen LogP contribution in [0.3, 0.4) is 0 Å². The summed E-state index contributed by atoms with van der Waals surface area (Å²) < 4.78 is 0. The zero-order chi connectivity index (χ0) is 11.4. The molecule has 0 atom stereocenters. The minimum atomic E-state index is 0.719. The summed E-state index contributed by atoms with van der Waals surface area (Å²) in [6.45, 7) is 4.86. The van der Waals surface area contributed by atoms with E-state index in [0.717, 1.165) is 35.9 Å². The number of nitrogens with one attached hydrogen (secondary N) is 1. The zero-order valence-corrected chi connectivity index (χ0v) is 9.83. The van der Waals surface area contributed by atoms with Crippen LogP contribution in [0.5, 0.6) is 0 Å². The first-order valence-electron chi connectivity index (χ1n) is 5.00. The number of aryl methyl sites for hydroxylation is 1. The Morgan fingerprint density at radius 2 is 1.93 bits per heavy atom. The van der Waals surface area contributed by atoms with E-state index >= 15 is 0 Å². The molecule has 15 heavy (non-hydrogen) atoms. The van der Waals surface area contributed by atoms with Crippen LogP contribution in [0.4, 0.5) is 5.82 Å². The summed E-state index contributed by atoms with van der Waals surface area (Å²) in [7, 11) is 4.06. The van der Waals surface area contributed by atoms with E-state index in [0.29, 0.717) is 0 Å². The van der Waals surface area contributed by atoms with Gasteiger partial charge in [-0.05, 0) is 27.9 Å². The lowest BCUT2D eigenvalue weighted by Crippen LogP contribution is -2.18. The quantitative estimate of drug-likeness (QED) is 0.558. The maximum absolute atomic E-state index is 5.39. The molecule has 84 valence electrons. The average Bonchev–Trinajstić information content (AvgIpc) is 2.19. The molecule has 0 aliphatic carbocycles. The molecule has 1 rings (SSSR count). The van der Waals surface area contributed by atoms with E-state index in [-0.39, 0.29) is 0 Å². The van der Waals surface area contributed by atoms with Crippen LogP contribution in [-0.2, 0) is 6.42 Å². The molecule has 0 radical (unpaired) electrons. The summed E-state index contributed by atoms with van der Waals surface area (Å²) in [5.41, 5.74) is 4.58. The fourth-order valence-corrected chi connectivity index (χ4v) is 1.26. The van der Waals surface area contributed by atoms with Crippen molar-refractivity contribution in [1.29, 1.82) is 0 Å². The highest BCUT2D eigenvalue weighted by molar-refractivity contribution is 5.44. The smallest absolute Gasteiger partial charge is 0.146 e. The summed E-state index contributed by atoms with van der Waals surface area (Å²) in [4.78, 5) is 10.9. The van der Waals surface area contributed by atoms with Gasteiger partial charge in [-0.2, -0.15) is 0 Å². The lowest BCUT2D eigenvalue weighted by molar-refractivity contribution is 0.409. The number of nitrogen functional groups attached to an aromatic ring is 1. The van der Waals surface area contributed by atoms with Crippen LogP contribution >= 0.6 is 0 Å². The van der Waals surface area contributed by atoms with Gasteiger partial charge in [0.2, 0.25) is 0 Å². The van der Waals surface area contributed by atoms with Crippen molar-refractivity contribution in [3.05, 3.63) is 17.1 Å². The monoisotopic (exact) mass is 209 g/mol. The van der Waals surface area contributed by atoms with Crippen molar-refractivity contribution >= 4 is 5.82 Å². The van der Waals surface area contributed by atoms with Crippen LogP contribution in [-0.4, -0.2) is 35.5 Å². The SMILES string of the molecule is Cc1nc(CCN(C)C)nc(NN)c1C. The van der Waals surface area contributed by atoms with Crippen molar-refractivity contribution in [3.63, 3.8) is 0 Å². The largest absolute Gasteiger partial charge is 0.309 e. The Balaban J connectivity index is 2.86. The predicted molar refractivity (Wildman–Crippen MR) is 61.6 cm³/mol. The number of nitrogens with zero attached hydrogens (tertiary/aromatic N) is 3. The molecule has 0 spiro atoms. The summed E-state index contributed by atoms with van der Waals surface area (Å²) in [5.74, 6) is 6.95. The maximum Gasteiger partial charge on any atom is 0.146 e. The van der Waals surface area contributed by atoms with Gasteiger partial charge in [0.25, 0.3) is 0 Å². The molecule has 0 bridgehead atoms. The standard InChI is InChI=1S/C10H19N5/c1-7-8(2)12-9(5-6-15(3)4)13-10(7)14-11/h5-6,11H2,1-4H3,(H,12,13,14). The Hall–Kier alpha value is -1.20. The zero-order valence-electron chi connectivity index (χ0n) is 9.83. The van der Waals surface area contributed by atoms with Gasteiger partial charge in [-0.1, -0.05) is 0 Å². The molecule has 3 N–H and O–H groups in total. The maximum atomic E-state index is 5.39. The second-order valence-electron chi connectivity index (χ2n) is 3.90. The van der Waals surface area contributed by atoms with Crippen LogP contribution in [0.25, 0.3) is 0 Å². The van der Waals surface area contributed by atoms with Gasteiger partial charge >= 0.3 is 0 Å². The van der Waals surface area contributed by atoms with E-state index < -0.39 is 0 Å². The highest BCUT2D eigenvalue weighted by atomic mass is 15.3. The molecule has 0 unspecified atom stereocenters. The number of hydrogen-bond acceptors (Lipinski definition) is 5. The fourth-order valence-electron chi connectivity index (χ4n) is 1.26. The Bertz CT molecular complexity index is 335. The second kappa shape index (κ2) is 5.04. The lowest BCUT2D eigenvalue weighted by Gasteiger charge is -2.11. The van der Waals surface area contributed by atoms with Gasteiger partial charge in [0.05, 0.1) is 0 Å². The highest BCUT2D eigenvalue weighted by Crippen LogP contribution is 2.13. The molecule has 0 fully saturated rings. The second-order valence-corrected chi connectivity index (χ2v) is 3.90. The molecule has 0 aliphatic heterocycles. The van der Waals surface area contributed by atoms with Crippen LogP contribution in [0.1, 0.15) is 17.1 Å². The third-order valence-corrected chi connectivity index (χ3v) is 2.35. The van der Waals surface area contributed by atoms with Crippen molar-refractivity contribution < 1.29 is 0 Å². The number of rotatable bonds is 4. The van der Waals surface area contributed by atoms with Gasteiger partial charge in [0.1, 0.15) is 11.6 Å². The molecule has 5 nitrogen and oxygen atoms in total. The average molecular weight is 209 g/mol. The predicted octanol–water partition coefficient (Wildman–Crippen LogP) is 0.483. The first kappa shape index (κ1) is 11.9. The van der Waals surface area contributed by atoms with Crippen molar-refractivity contribution in [1.82, 2.24) is 14.9 Å². The molecule has 1 aromatic rings. The minimum absolute atomic E-state index is 0.719. The van der Waals surface area contributed by atoms with E-state index in [4.69, 9.17) is 5.84 Å². The Labute approximate surface area is 90.7 Å². The van der Waals surface area contributed by atoms with Crippen LogP contribution in [0.2, 0.25) is 0 Å². The van der Waals surface area contributed by atoms with Gasteiger partial charge in [-0.3, -0.25) is 0 Å². The third-order valence-electron chi connectivity index (χ3n) is 2.35. The van der Waals surface area contributed by atoms with Crippen LogP contribution < -0.4 is 11.3 Å². The number of hydrazine groups is 1. The van der Waals surface area contributed by atoms with Crippen molar-refractivity contribution in [2.45, 2.75) is 20.3 Å². The van der Waals surface area contributed by atoms with Crippen molar-refractivity contribution in [2.24, 2.45) is 5.84 Å². The third kappa shape index (κ3) is 3.14. The van der Waals surface area contributed by atoms with E-state index in [2.05, 4.69) is 20.3 Å². The van der Waals surface area contributed by atoms with Gasteiger partial charge < -0.3 is 10.3 Å². The van der Waals surface area contributed by atoms with Crippen molar-refractivity contribution in [3.8, 4) is 0 Å². The summed E-state index contributed by atoms with van der Waals surface area (Å²) in [5, 5.41) is 0. The van der Waals surface area contributed by atoms with E-state index in [1.165, 1.54) is 0 Å². The molecule has 1 heterocycles. The number of anilines is 1. The van der Waals surface area contributed by atoms with Gasteiger partial charge in [-0.15, -0.1) is 0 Å². The summed E-state index contributed by atoms with van der Waals surface area (Å²) in [6.07, 6.45) is 0.836. The van der Waals surface area contributed by atoms with Crippen LogP contribution in [0.15, 0.2) is 0 Å². The molecule has 5 heteroatoms. The molecule has 0 saturated heterocycles. The van der Waals surface area contributed by atoms with E-state index in [1.807, 2.05) is 27.9 Å². The molecule has 0 amide bonds. The summed E-state index contributed by atoms with van der Waals surface area (Å²) in [6, 6.07) is 0. The number of hydrogen-bond donors (Lipinski definition) is 2. The first-order chi connectivity index (χ1) is 7.04. The number of nitrogens with two attached hydrogens (primary N) is 1. The van der Waals surface area contributed by atoms with E-state index in [9.17, 15) is 0 Å². The first-order valence-corrected chi connectivity index (χ1v) is 5.00. The normalized spacial score (nSPS) is 10.8. The molecule has 1 aromatic heterocycles. The Morgan fingerprint density at radius 3 is 2.47 bits per heavy atom. The molecule has 0 aromatic carbocycles. The topological polar surface area (TPSA) is 67.1 Å². The molecular weight excluding hydrogens is 190 g/mol. The van der Waals surface area contributed by atoms with E-state index in [1.54, 1.807) is 0 Å². The van der Waals surface area contributed by atoms with Crippen molar-refractivity contribution in [2.75, 3.05) is 26.1 Å². The highest BCUT2D eigenvalue weighted by Gasteiger charge is 2.06. The van der Waals surface area contributed by atoms with Gasteiger partial charge in [0.15, 0.2) is 0 Å². The molecular formula is C10H19N5. The fraction of sp³-hybridized carbons (Fsp3) is 0.600.